The van der Waals surface area contributed by atoms with Crippen molar-refractivity contribution in [1.29, 1.82) is 0 Å². The summed E-state index contributed by atoms with van der Waals surface area (Å²) < 4.78 is 0. The summed E-state index contributed by atoms with van der Waals surface area (Å²) in [7, 11) is 0. The molecule has 0 bridgehead atoms. The van der Waals surface area contributed by atoms with Gasteiger partial charge < -0.3 is 31.0 Å². The number of primary amides is 1. The molecule has 3 heterocycles. The summed E-state index contributed by atoms with van der Waals surface area (Å²) >= 11 is 1.49. The molecule has 8 atom stereocenters. The van der Waals surface area contributed by atoms with Crippen LogP contribution in [0.4, 0.5) is 0 Å². The molecule has 2 saturated heterocycles. The number of aliphatic hydroxyl groups is 1. The smallest absolute Gasteiger partial charge is 0.543 e. The van der Waals surface area contributed by atoms with E-state index in [1.165, 1.54) is 16.7 Å². The Hall–Kier alpha value is -0.580. The Morgan fingerprint density at radius 3 is 2.61 bits per heavy atom. The number of aliphatic hydroxyl groups excluding tert-OH is 1. The van der Waals surface area contributed by atoms with Crippen molar-refractivity contribution in [1.82, 2.24) is 10.2 Å². The van der Waals surface area contributed by atoms with Gasteiger partial charge in [-0.25, -0.2) is 0 Å². The predicted molar refractivity (Wildman–Crippen MR) is 95.6 cm³/mol. The van der Waals surface area contributed by atoms with E-state index in [0.29, 0.717) is 11.4 Å². The first-order valence-corrected chi connectivity index (χ1v) is 10.3. The SMILES string of the molecule is C[C@@H](O)[C@H]1C(=O)N2C(C(=O)[O-])=C(S[C@@H]3CN[C@H]([C@@H]4C[C@H]4C(N)=O)C3)[C@H](C)[C@H]12.[Na+]. The largest absolute Gasteiger partial charge is 1.00 e. The van der Waals surface area contributed by atoms with Gasteiger partial charge in [-0.05, 0) is 25.7 Å². The van der Waals surface area contributed by atoms with E-state index in [1.807, 2.05) is 6.92 Å². The quantitative estimate of drug-likeness (QED) is 0.292. The fraction of sp³-hybridized carbons (Fsp3) is 0.722. The van der Waals surface area contributed by atoms with Gasteiger partial charge in [-0.15, -0.1) is 11.8 Å². The zero-order valence-electron chi connectivity index (χ0n) is 16.3. The maximum atomic E-state index is 12.4. The van der Waals surface area contributed by atoms with Crippen LogP contribution in [-0.2, 0) is 14.4 Å². The number of carbonyl (C=O) groups excluding carboxylic acids is 3. The number of fused-ring (bicyclic) bond motifs is 1. The van der Waals surface area contributed by atoms with Crippen molar-refractivity contribution in [3.8, 4) is 0 Å². The number of hydrogen-bond acceptors (Lipinski definition) is 7. The van der Waals surface area contributed by atoms with Gasteiger partial charge in [0.15, 0.2) is 0 Å². The molecular formula is C18H24N3NaO5S. The van der Waals surface area contributed by atoms with Gasteiger partial charge in [-0.3, -0.25) is 9.59 Å². The average molecular weight is 417 g/mol. The maximum absolute atomic E-state index is 12.4. The third-order valence-electron chi connectivity index (χ3n) is 6.44. The minimum Gasteiger partial charge on any atom is -0.543 e. The number of carbonyl (C=O) groups is 3. The second kappa shape index (κ2) is 7.92. The molecule has 0 unspecified atom stereocenters. The second-order valence-corrected chi connectivity index (χ2v) is 9.50. The van der Waals surface area contributed by atoms with Crippen LogP contribution in [0.5, 0.6) is 0 Å². The average Bonchev–Trinajstić information content (AvgIpc) is 3.19. The molecular weight excluding hydrogens is 393 g/mol. The molecule has 0 aromatic rings. The minimum atomic E-state index is -1.34. The summed E-state index contributed by atoms with van der Waals surface area (Å²) in [6, 6.07) is -0.103. The standard InChI is InChI=1S/C18H25N3O5S.Na/c1-6-13-12(7(2)22)17(24)21(13)14(18(25)26)15(6)27-8-3-11(20-5-8)9-4-10(9)16(19)23;/h6-13,20,22H,3-5H2,1-2H3,(H2,19,23)(H,25,26);/q;+1/p-1/t6-,7-,8+,9-,10-,11+,12-,13-;/m1./s1. The number of aliphatic carboxylic acids is 1. The molecule has 0 aromatic carbocycles. The van der Waals surface area contributed by atoms with Crippen LogP contribution in [0.25, 0.3) is 0 Å². The Bertz CT molecular complexity index is 745. The summed E-state index contributed by atoms with van der Waals surface area (Å²) in [5, 5.41) is 25.2. The Morgan fingerprint density at radius 2 is 2.07 bits per heavy atom. The van der Waals surface area contributed by atoms with Crippen molar-refractivity contribution in [2.75, 3.05) is 6.54 Å². The molecule has 3 aliphatic heterocycles. The van der Waals surface area contributed by atoms with Crippen molar-refractivity contribution in [2.45, 2.75) is 50.1 Å². The fourth-order valence-corrected chi connectivity index (χ4v) is 6.47. The zero-order valence-corrected chi connectivity index (χ0v) is 19.1. The van der Waals surface area contributed by atoms with Gasteiger partial charge in [0.1, 0.15) is 0 Å². The van der Waals surface area contributed by atoms with Crippen molar-refractivity contribution < 1.29 is 54.2 Å². The fourth-order valence-electron chi connectivity index (χ4n) is 4.98. The van der Waals surface area contributed by atoms with Crippen LogP contribution in [0.1, 0.15) is 26.7 Å². The molecule has 1 aliphatic carbocycles. The number of nitrogens with zero attached hydrogens (tertiary/aromatic N) is 1. The molecule has 10 heteroatoms. The number of nitrogens with two attached hydrogens (primary N) is 1. The zero-order chi connectivity index (χ0) is 19.6. The third-order valence-corrected chi connectivity index (χ3v) is 7.95. The molecule has 4 N–H and O–H groups in total. The molecule has 2 amide bonds. The first kappa shape index (κ1) is 22.1. The van der Waals surface area contributed by atoms with E-state index >= 15 is 0 Å². The number of amides is 2. The Balaban J connectivity index is 0.00000225. The predicted octanol–water partition coefficient (Wildman–Crippen LogP) is -4.61. The van der Waals surface area contributed by atoms with Crippen LogP contribution < -0.4 is 45.7 Å². The van der Waals surface area contributed by atoms with Gasteiger partial charge in [0.25, 0.3) is 0 Å². The van der Waals surface area contributed by atoms with Crippen LogP contribution >= 0.6 is 11.8 Å². The third kappa shape index (κ3) is 3.44. The summed E-state index contributed by atoms with van der Waals surface area (Å²) in [6.07, 6.45) is 0.828. The number of carboxylic acid groups (broad SMARTS) is 1. The molecule has 28 heavy (non-hydrogen) atoms. The van der Waals surface area contributed by atoms with E-state index in [1.54, 1.807) is 6.92 Å². The molecule has 3 fully saturated rings. The molecule has 4 aliphatic rings. The van der Waals surface area contributed by atoms with Crippen molar-refractivity contribution in [3.63, 3.8) is 0 Å². The number of hydrogen-bond donors (Lipinski definition) is 3. The summed E-state index contributed by atoms with van der Waals surface area (Å²) in [4.78, 5) is 37.3. The van der Waals surface area contributed by atoms with Gasteiger partial charge in [0.2, 0.25) is 11.8 Å². The Kier molecular flexibility index (Phi) is 6.26. The van der Waals surface area contributed by atoms with E-state index in [9.17, 15) is 24.6 Å². The first-order chi connectivity index (χ1) is 12.7. The molecule has 0 aromatic heterocycles. The summed E-state index contributed by atoms with van der Waals surface area (Å²) in [6.45, 7) is 4.18. The molecule has 8 nitrogen and oxygen atoms in total. The maximum Gasteiger partial charge on any atom is 1.00 e. The minimum absolute atomic E-state index is 0. The topological polar surface area (TPSA) is 136 Å². The van der Waals surface area contributed by atoms with Crippen LogP contribution in [0.15, 0.2) is 10.6 Å². The van der Waals surface area contributed by atoms with Crippen LogP contribution in [0.2, 0.25) is 0 Å². The molecule has 4 rings (SSSR count). The van der Waals surface area contributed by atoms with Crippen LogP contribution in [-0.4, -0.2) is 57.8 Å². The Labute approximate surface area is 189 Å². The molecule has 0 radical (unpaired) electrons. The number of thioether (sulfide) groups is 1. The van der Waals surface area contributed by atoms with Gasteiger partial charge in [0, 0.05) is 34.6 Å². The monoisotopic (exact) mass is 417 g/mol. The van der Waals surface area contributed by atoms with Crippen molar-refractivity contribution in [3.05, 3.63) is 10.6 Å². The van der Waals surface area contributed by atoms with E-state index in [0.717, 1.165) is 12.8 Å². The van der Waals surface area contributed by atoms with Gasteiger partial charge >= 0.3 is 29.6 Å². The van der Waals surface area contributed by atoms with E-state index in [4.69, 9.17) is 5.73 Å². The van der Waals surface area contributed by atoms with Crippen molar-refractivity contribution >= 4 is 29.5 Å². The van der Waals surface area contributed by atoms with Gasteiger partial charge in [-0.2, -0.15) is 0 Å². The van der Waals surface area contributed by atoms with Gasteiger partial charge in [-0.1, -0.05) is 6.92 Å². The van der Waals surface area contributed by atoms with E-state index in [-0.39, 0.29) is 82.2 Å². The number of nitrogens with one attached hydrogen (secondary N) is 1. The number of carboxylic acids is 1. The summed E-state index contributed by atoms with van der Waals surface area (Å²) in [5.41, 5.74) is 5.33. The van der Waals surface area contributed by atoms with Crippen LogP contribution in [0.3, 0.4) is 0 Å². The normalized spacial score (nSPS) is 39.9. The Morgan fingerprint density at radius 1 is 1.39 bits per heavy atom. The summed E-state index contributed by atoms with van der Waals surface area (Å²) in [5.74, 6) is -2.45. The van der Waals surface area contributed by atoms with Crippen molar-refractivity contribution in [2.24, 2.45) is 29.4 Å². The number of β-lactam (4-membered cyclic amide) rings is 1. The molecule has 148 valence electrons. The van der Waals surface area contributed by atoms with E-state index < -0.39 is 18.0 Å². The van der Waals surface area contributed by atoms with Crippen LogP contribution in [0, 0.1) is 23.7 Å². The molecule has 1 saturated carbocycles. The number of rotatable bonds is 6. The van der Waals surface area contributed by atoms with E-state index in [2.05, 4.69) is 5.32 Å². The first-order valence-electron chi connectivity index (χ1n) is 9.38. The molecule has 0 spiro atoms. The van der Waals surface area contributed by atoms with Gasteiger partial charge in [0.05, 0.1) is 29.7 Å². The second-order valence-electron chi connectivity index (χ2n) is 8.15.